The Balaban J connectivity index is 1.66. The summed E-state index contributed by atoms with van der Waals surface area (Å²) in [5.41, 5.74) is -0.693. The number of ether oxygens (including phenoxy) is 3. The molecular formula is C22H26F6N2O4. The SMILES string of the molecule is CC(=O)C[C@@H](C)C(F)(F)C[C@@H]1CC[C@@H](Oc2nc3c(F)cc(OCC(F)F)c(F)c3n2C)CO1. The largest absolute Gasteiger partial charge is 0.484 e. The summed E-state index contributed by atoms with van der Waals surface area (Å²) >= 11 is 0. The second-order valence-corrected chi connectivity index (χ2v) is 8.57. The first-order valence-corrected chi connectivity index (χ1v) is 10.8. The molecule has 2 heterocycles. The minimum atomic E-state index is -3.07. The fourth-order valence-electron chi connectivity index (χ4n) is 3.89. The highest BCUT2D eigenvalue weighted by Crippen LogP contribution is 2.36. The van der Waals surface area contributed by atoms with Crippen LogP contribution >= 0.6 is 0 Å². The molecule has 2 aromatic rings. The summed E-state index contributed by atoms with van der Waals surface area (Å²) in [6, 6.07) is 0.490. The lowest BCUT2D eigenvalue weighted by molar-refractivity contribution is -0.135. The van der Waals surface area contributed by atoms with Gasteiger partial charge >= 0.3 is 0 Å². The minimum Gasteiger partial charge on any atom is -0.484 e. The highest BCUT2D eigenvalue weighted by atomic mass is 19.3. The van der Waals surface area contributed by atoms with Crippen molar-refractivity contribution >= 4 is 16.8 Å². The van der Waals surface area contributed by atoms with E-state index in [1.165, 1.54) is 20.9 Å². The van der Waals surface area contributed by atoms with Crippen LogP contribution in [0.4, 0.5) is 26.3 Å². The van der Waals surface area contributed by atoms with Crippen LogP contribution in [0, 0.1) is 17.6 Å². The van der Waals surface area contributed by atoms with Crippen molar-refractivity contribution in [2.24, 2.45) is 13.0 Å². The number of carbonyl (C=O) groups excluding carboxylic acids is 1. The number of fused-ring (bicyclic) bond motifs is 1. The number of rotatable bonds is 10. The molecule has 34 heavy (non-hydrogen) atoms. The van der Waals surface area contributed by atoms with Crippen LogP contribution in [0.2, 0.25) is 0 Å². The van der Waals surface area contributed by atoms with Gasteiger partial charge in [0.15, 0.2) is 17.4 Å². The molecule has 1 saturated heterocycles. The second kappa shape index (κ2) is 10.4. The standard InChI is InChI=1S/C22H26F6N2O4/c1-11(6-12(2)31)22(27,28)8-13-4-5-14(9-32-13)34-21-29-19-15(23)7-16(33-10-17(24)25)18(26)20(19)30(21)3/h7,11,13-14,17H,4-6,8-10H2,1-3H3/t11-,13+,14-/m1/s1. The molecule has 0 aliphatic carbocycles. The highest BCUT2D eigenvalue weighted by molar-refractivity contribution is 5.80. The number of ketones is 1. The lowest BCUT2D eigenvalue weighted by atomic mass is 9.91. The van der Waals surface area contributed by atoms with Gasteiger partial charge in [0.1, 0.15) is 29.5 Å². The Hall–Kier alpha value is -2.50. The summed E-state index contributed by atoms with van der Waals surface area (Å²) in [5, 5.41) is 0. The van der Waals surface area contributed by atoms with Gasteiger partial charge in [0.05, 0.1) is 12.7 Å². The Morgan fingerprint density at radius 3 is 2.62 bits per heavy atom. The summed E-state index contributed by atoms with van der Waals surface area (Å²) in [7, 11) is 1.35. The van der Waals surface area contributed by atoms with E-state index in [0.29, 0.717) is 12.5 Å². The molecule has 6 nitrogen and oxygen atoms in total. The van der Waals surface area contributed by atoms with E-state index in [2.05, 4.69) is 9.72 Å². The Morgan fingerprint density at radius 1 is 1.32 bits per heavy atom. The molecule has 12 heteroatoms. The van der Waals surface area contributed by atoms with Crippen molar-refractivity contribution in [2.45, 2.75) is 64.1 Å². The van der Waals surface area contributed by atoms with Gasteiger partial charge in [0.25, 0.3) is 18.4 Å². The molecule has 0 spiro atoms. The van der Waals surface area contributed by atoms with E-state index < -0.39 is 60.9 Å². The van der Waals surface area contributed by atoms with Gasteiger partial charge in [-0.05, 0) is 19.8 Å². The van der Waals surface area contributed by atoms with E-state index in [0.717, 1.165) is 4.57 Å². The van der Waals surface area contributed by atoms with Crippen LogP contribution in [0.3, 0.4) is 0 Å². The number of hydrogen-bond acceptors (Lipinski definition) is 5. The Morgan fingerprint density at radius 2 is 2.03 bits per heavy atom. The molecule has 1 aromatic carbocycles. The van der Waals surface area contributed by atoms with Gasteiger partial charge < -0.3 is 19.0 Å². The summed E-state index contributed by atoms with van der Waals surface area (Å²) < 4.78 is 99.6. The third-order valence-electron chi connectivity index (χ3n) is 5.74. The zero-order chi connectivity index (χ0) is 25.2. The van der Waals surface area contributed by atoms with Crippen LogP contribution in [0.15, 0.2) is 6.07 Å². The van der Waals surface area contributed by atoms with Crippen LogP contribution in [-0.2, 0) is 16.6 Å². The number of imidazole rings is 1. The zero-order valence-electron chi connectivity index (χ0n) is 18.9. The molecule has 0 unspecified atom stereocenters. The zero-order valence-corrected chi connectivity index (χ0v) is 18.9. The molecule has 0 saturated carbocycles. The first-order chi connectivity index (χ1) is 15.9. The number of hydrogen-bond donors (Lipinski definition) is 0. The number of Topliss-reactive ketones (excluding diaryl/α,β-unsaturated/α-hetero) is 1. The van der Waals surface area contributed by atoms with Gasteiger partial charge in [0, 0.05) is 31.9 Å². The van der Waals surface area contributed by atoms with Crippen LogP contribution in [-0.4, -0.2) is 53.1 Å². The number of halogens is 6. The van der Waals surface area contributed by atoms with Crippen molar-refractivity contribution in [3.63, 3.8) is 0 Å². The fraction of sp³-hybridized carbons (Fsp3) is 0.636. The van der Waals surface area contributed by atoms with E-state index >= 15 is 0 Å². The Kier molecular flexibility index (Phi) is 7.99. The molecular weight excluding hydrogens is 470 g/mol. The third-order valence-corrected chi connectivity index (χ3v) is 5.74. The molecule has 0 amide bonds. The number of benzene rings is 1. The van der Waals surface area contributed by atoms with Gasteiger partial charge in [-0.2, -0.15) is 4.98 Å². The molecule has 1 aromatic heterocycles. The summed E-state index contributed by atoms with van der Waals surface area (Å²) in [5.74, 6) is -7.21. The third kappa shape index (κ3) is 5.94. The van der Waals surface area contributed by atoms with Crippen molar-refractivity contribution in [2.75, 3.05) is 13.2 Å². The quantitative estimate of drug-likeness (QED) is 0.431. The van der Waals surface area contributed by atoms with Crippen molar-refractivity contribution in [1.82, 2.24) is 9.55 Å². The predicted molar refractivity (Wildman–Crippen MR) is 110 cm³/mol. The molecule has 3 atom stereocenters. The van der Waals surface area contributed by atoms with Gasteiger partial charge in [-0.15, -0.1) is 0 Å². The number of aryl methyl sites for hydroxylation is 1. The monoisotopic (exact) mass is 496 g/mol. The number of alkyl halides is 4. The number of aromatic nitrogens is 2. The number of nitrogens with zero attached hydrogens (tertiary/aromatic N) is 2. The first-order valence-electron chi connectivity index (χ1n) is 10.8. The lowest BCUT2D eigenvalue weighted by Gasteiger charge is -2.32. The minimum absolute atomic E-state index is 0.0429. The maximum Gasteiger partial charge on any atom is 0.297 e. The van der Waals surface area contributed by atoms with Crippen molar-refractivity contribution in [1.29, 1.82) is 0 Å². The van der Waals surface area contributed by atoms with Crippen LogP contribution < -0.4 is 9.47 Å². The summed E-state index contributed by atoms with van der Waals surface area (Å²) in [4.78, 5) is 15.1. The second-order valence-electron chi connectivity index (χ2n) is 8.57. The number of carbonyl (C=O) groups is 1. The maximum atomic E-state index is 14.7. The average molecular weight is 496 g/mol. The first kappa shape index (κ1) is 26.1. The van der Waals surface area contributed by atoms with Gasteiger partial charge in [-0.25, -0.2) is 26.3 Å². The topological polar surface area (TPSA) is 62.6 Å². The molecule has 1 aliphatic rings. The van der Waals surface area contributed by atoms with Gasteiger partial charge in [-0.1, -0.05) is 6.92 Å². The molecule has 0 radical (unpaired) electrons. The predicted octanol–water partition coefficient (Wildman–Crippen LogP) is 5.06. The summed E-state index contributed by atoms with van der Waals surface area (Å²) in [6.07, 6.45) is -4.36. The van der Waals surface area contributed by atoms with E-state index in [4.69, 9.17) is 9.47 Å². The van der Waals surface area contributed by atoms with Crippen molar-refractivity contribution < 1.29 is 45.3 Å². The van der Waals surface area contributed by atoms with Crippen LogP contribution in [0.25, 0.3) is 11.0 Å². The fourth-order valence-corrected chi connectivity index (χ4v) is 3.89. The van der Waals surface area contributed by atoms with Crippen molar-refractivity contribution in [3.05, 3.63) is 17.7 Å². The molecule has 0 N–H and O–H groups in total. The van der Waals surface area contributed by atoms with Gasteiger partial charge in [0.2, 0.25) is 0 Å². The van der Waals surface area contributed by atoms with E-state index in [-0.39, 0.29) is 42.3 Å². The molecule has 3 rings (SSSR count). The summed E-state index contributed by atoms with van der Waals surface area (Å²) in [6.45, 7) is 1.45. The lowest BCUT2D eigenvalue weighted by Crippen LogP contribution is -2.39. The van der Waals surface area contributed by atoms with E-state index in [9.17, 15) is 31.1 Å². The van der Waals surface area contributed by atoms with Crippen LogP contribution in [0.1, 0.15) is 39.5 Å². The average Bonchev–Trinajstić information content (AvgIpc) is 3.07. The maximum absolute atomic E-state index is 14.7. The molecule has 0 bridgehead atoms. The molecule has 1 fully saturated rings. The van der Waals surface area contributed by atoms with Crippen molar-refractivity contribution in [3.8, 4) is 11.8 Å². The normalized spacial score (nSPS) is 20.1. The Labute approximate surface area is 192 Å². The Bertz CT molecular complexity index is 1020. The smallest absolute Gasteiger partial charge is 0.297 e. The molecule has 1 aliphatic heterocycles. The molecule has 190 valence electrons. The van der Waals surface area contributed by atoms with E-state index in [1.807, 2.05) is 0 Å². The van der Waals surface area contributed by atoms with E-state index in [1.54, 1.807) is 0 Å². The van der Waals surface area contributed by atoms with Crippen LogP contribution in [0.5, 0.6) is 11.8 Å². The van der Waals surface area contributed by atoms with Gasteiger partial charge in [-0.3, -0.25) is 4.57 Å². The highest BCUT2D eigenvalue weighted by Gasteiger charge is 2.41.